The average molecular weight is 337 g/mol. The Balaban J connectivity index is 1.75. The molecule has 0 spiro atoms. The average Bonchev–Trinajstić information content (AvgIpc) is 2.70. The van der Waals surface area contributed by atoms with Gasteiger partial charge in [0.2, 0.25) is 0 Å². The highest BCUT2D eigenvalue weighted by Crippen LogP contribution is 2.31. The van der Waals surface area contributed by atoms with Crippen LogP contribution in [0.4, 0.5) is 0 Å². The molecule has 4 rings (SSSR count). The lowest BCUT2D eigenvalue weighted by atomic mass is 10.1. The minimum Gasteiger partial charge on any atom is -0.256 e. The Bertz CT molecular complexity index is 1010. The number of pyridine rings is 1. The highest BCUT2D eigenvalue weighted by atomic mass is 31.1. The second-order valence-electron chi connectivity index (χ2n) is 5.65. The summed E-state index contributed by atoms with van der Waals surface area (Å²) in [5.74, 6) is 3.38. The molecule has 4 aromatic rings. The van der Waals surface area contributed by atoms with E-state index in [1.807, 2.05) is 36.5 Å². The van der Waals surface area contributed by atoms with Crippen molar-refractivity contribution in [3.8, 4) is 11.6 Å². The van der Waals surface area contributed by atoms with Crippen molar-refractivity contribution >= 4 is 29.4 Å². The van der Waals surface area contributed by atoms with Crippen LogP contribution in [0.1, 0.15) is 5.56 Å². The van der Waals surface area contributed by atoms with Gasteiger partial charge in [-0.1, -0.05) is 78.3 Å². The van der Waals surface area contributed by atoms with Crippen molar-refractivity contribution in [3.63, 3.8) is 0 Å². The molecule has 0 amide bonds. The third-order valence-corrected chi connectivity index (χ3v) is 5.91. The maximum atomic E-state index is 4.37. The molecule has 0 saturated carbocycles. The number of aromatic nitrogens is 1. The van der Waals surface area contributed by atoms with Gasteiger partial charge < -0.3 is 0 Å². The summed E-state index contributed by atoms with van der Waals surface area (Å²) in [4.78, 5) is 4.37. The van der Waals surface area contributed by atoms with Gasteiger partial charge in [-0.05, 0) is 34.9 Å². The standard InChI is InChI=1S/C23H16NP/c1-3-9-21(10-4-1)25(22-11-5-2-6-12-22)17-15-19-13-14-23-20(18-19)8-7-16-24-23/h1-14,16,18H. The molecule has 1 aromatic heterocycles. The van der Waals surface area contributed by atoms with Gasteiger partial charge in [0.1, 0.15) is 0 Å². The summed E-state index contributed by atoms with van der Waals surface area (Å²) in [7, 11) is -0.694. The number of nitrogens with zero attached hydrogens (tertiary/aromatic N) is 1. The monoisotopic (exact) mass is 337 g/mol. The fraction of sp³-hybridized carbons (Fsp3) is 0. The van der Waals surface area contributed by atoms with Crippen LogP contribution in [0, 0.1) is 11.6 Å². The van der Waals surface area contributed by atoms with E-state index in [0.29, 0.717) is 0 Å². The van der Waals surface area contributed by atoms with Crippen molar-refractivity contribution in [1.82, 2.24) is 4.98 Å². The summed E-state index contributed by atoms with van der Waals surface area (Å²) in [6.45, 7) is 0. The van der Waals surface area contributed by atoms with Crippen LogP contribution >= 0.6 is 7.92 Å². The minimum absolute atomic E-state index is 0.694. The highest BCUT2D eigenvalue weighted by molar-refractivity contribution is 7.77. The Kier molecular flexibility index (Phi) is 4.55. The van der Waals surface area contributed by atoms with Gasteiger partial charge in [-0.15, -0.1) is 0 Å². The van der Waals surface area contributed by atoms with E-state index >= 15 is 0 Å². The predicted molar refractivity (Wildman–Crippen MR) is 108 cm³/mol. The van der Waals surface area contributed by atoms with Crippen molar-refractivity contribution < 1.29 is 0 Å². The molecule has 3 aromatic carbocycles. The second-order valence-corrected chi connectivity index (χ2v) is 7.58. The van der Waals surface area contributed by atoms with Crippen LogP contribution in [0.25, 0.3) is 10.9 Å². The van der Waals surface area contributed by atoms with Gasteiger partial charge in [-0.2, -0.15) is 0 Å². The van der Waals surface area contributed by atoms with Gasteiger partial charge in [0, 0.05) is 25.1 Å². The van der Waals surface area contributed by atoms with Gasteiger partial charge in [0.05, 0.1) is 5.52 Å². The first-order valence-electron chi connectivity index (χ1n) is 8.17. The van der Waals surface area contributed by atoms with Crippen molar-refractivity contribution in [1.29, 1.82) is 0 Å². The molecule has 0 saturated heterocycles. The third kappa shape index (κ3) is 3.61. The SMILES string of the molecule is C(#CP(c1ccccc1)c1ccccc1)c1ccc2ncccc2c1. The lowest BCUT2D eigenvalue weighted by Gasteiger charge is -2.11. The first-order chi connectivity index (χ1) is 12.4. The fourth-order valence-electron chi connectivity index (χ4n) is 2.71. The van der Waals surface area contributed by atoms with E-state index in [2.05, 4.69) is 77.2 Å². The smallest absolute Gasteiger partial charge is 0.0702 e. The van der Waals surface area contributed by atoms with Crippen LogP contribution in [-0.2, 0) is 0 Å². The van der Waals surface area contributed by atoms with Crippen LogP contribution in [0.5, 0.6) is 0 Å². The van der Waals surface area contributed by atoms with Gasteiger partial charge in [-0.25, -0.2) is 0 Å². The fourth-order valence-corrected chi connectivity index (χ4v) is 4.44. The zero-order valence-electron chi connectivity index (χ0n) is 13.6. The summed E-state index contributed by atoms with van der Waals surface area (Å²) in [5, 5.41) is 3.68. The Morgan fingerprint density at radius 1 is 0.680 bits per heavy atom. The van der Waals surface area contributed by atoms with Crippen LogP contribution < -0.4 is 10.6 Å². The van der Waals surface area contributed by atoms with Crippen LogP contribution in [0.15, 0.2) is 97.2 Å². The topological polar surface area (TPSA) is 12.9 Å². The normalized spacial score (nSPS) is 10.4. The lowest BCUT2D eigenvalue weighted by molar-refractivity contribution is 1.41. The zero-order valence-corrected chi connectivity index (χ0v) is 14.5. The van der Waals surface area contributed by atoms with Gasteiger partial charge in [-0.3, -0.25) is 4.98 Å². The number of fused-ring (bicyclic) bond motifs is 1. The maximum Gasteiger partial charge on any atom is 0.0702 e. The number of rotatable bonds is 2. The highest BCUT2D eigenvalue weighted by Gasteiger charge is 2.10. The summed E-state index contributed by atoms with van der Waals surface area (Å²) in [5.41, 5.74) is 5.56. The molecule has 0 aliphatic carbocycles. The Hall–Kier alpha value is -2.94. The molecular formula is C23H16NP. The zero-order chi connectivity index (χ0) is 16.9. The first-order valence-corrected chi connectivity index (χ1v) is 9.51. The van der Waals surface area contributed by atoms with Crippen LogP contribution in [0.2, 0.25) is 0 Å². The van der Waals surface area contributed by atoms with Crippen LogP contribution in [-0.4, -0.2) is 4.98 Å². The van der Waals surface area contributed by atoms with E-state index in [1.54, 1.807) is 0 Å². The van der Waals surface area contributed by atoms with Gasteiger partial charge in [0.15, 0.2) is 0 Å². The Labute approximate surface area is 149 Å². The lowest BCUT2D eigenvalue weighted by Crippen LogP contribution is -2.09. The third-order valence-electron chi connectivity index (χ3n) is 3.94. The molecule has 0 atom stereocenters. The van der Waals surface area contributed by atoms with E-state index in [4.69, 9.17) is 0 Å². The molecule has 0 aliphatic heterocycles. The van der Waals surface area contributed by atoms with Crippen LogP contribution in [0.3, 0.4) is 0 Å². The minimum atomic E-state index is -0.694. The molecule has 2 heteroatoms. The summed E-state index contributed by atoms with van der Waals surface area (Å²) < 4.78 is 0. The number of benzene rings is 3. The van der Waals surface area contributed by atoms with E-state index < -0.39 is 7.92 Å². The summed E-state index contributed by atoms with van der Waals surface area (Å²) >= 11 is 0. The number of hydrogen-bond donors (Lipinski definition) is 0. The maximum absolute atomic E-state index is 4.37. The van der Waals surface area contributed by atoms with E-state index in [0.717, 1.165) is 16.5 Å². The van der Waals surface area contributed by atoms with Crippen molar-refractivity contribution in [2.75, 3.05) is 0 Å². The molecule has 25 heavy (non-hydrogen) atoms. The summed E-state index contributed by atoms with van der Waals surface area (Å²) in [6.07, 6.45) is 1.82. The quantitative estimate of drug-likeness (QED) is 0.382. The molecule has 0 bridgehead atoms. The molecule has 0 radical (unpaired) electrons. The Morgan fingerprint density at radius 2 is 1.36 bits per heavy atom. The molecule has 0 N–H and O–H groups in total. The first kappa shape index (κ1) is 15.6. The summed E-state index contributed by atoms with van der Waals surface area (Å²) in [6, 6.07) is 31.3. The van der Waals surface area contributed by atoms with Crippen molar-refractivity contribution in [2.24, 2.45) is 0 Å². The largest absolute Gasteiger partial charge is 0.256 e. The molecule has 1 heterocycles. The van der Waals surface area contributed by atoms with E-state index in [-0.39, 0.29) is 0 Å². The van der Waals surface area contributed by atoms with E-state index in [9.17, 15) is 0 Å². The molecule has 118 valence electrons. The molecular weight excluding hydrogens is 321 g/mol. The molecule has 0 aliphatic rings. The predicted octanol–water partition coefficient (Wildman–Crippen LogP) is 4.68. The number of hydrogen-bond acceptors (Lipinski definition) is 1. The van der Waals surface area contributed by atoms with Crippen molar-refractivity contribution in [3.05, 3.63) is 103 Å². The van der Waals surface area contributed by atoms with Gasteiger partial charge in [0.25, 0.3) is 0 Å². The Morgan fingerprint density at radius 3 is 2.04 bits per heavy atom. The van der Waals surface area contributed by atoms with Gasteiger partial charge >= 0.3 is 0 Å². The van der Waals surface area contributed by atoms with Crippen molar-refractivity contribution in [2.45, 2.75) is 0 Å². The molecule has 1 nitrogen and oxygen atoms in total. The van der Waals surface area contributed by atoms with E-state index in [1.165, 1.54) is 10.6 Å². The molecule has 0 unspecified atom stereocenters. The second kappa shape index (κ2) is 7.31. The molecule has 0 fully saturated rings.